The van der Waals surface area contributed by atoms with E-state index in [0.29, 0.717) is 17.4 Å². The zero-order valence-electron chi connectivity index (χ0n) is 29.1. The standard InChI is InChI=1S/C12H22N2O3.C9H21N.C5H12.C4H12Si.14CH4.O2/c1-12(2,3)6-5-7-13-8-10(15)14(9-17-4)11(13)16;1-9(2,3)7-6-8-10(4)5;2*1-5(2,3)4;;;;;;;;;;;;;;;1-2/h5-9H2,1-4H3;6-8H2,1-5H3;2*1-4H3;14*1H4;/p+1. The first-order valence-corrected chi connectivity index (χ1v) is 18.3. The number of urea groups is 1. The summed E-state index contributed by atoms with van der Waals surface area (Å²) >= 11 is 0. The molecular formula is C44H124N3O5Si+. The molecular weight excluding hydrogens is 679 g/mol. The highest BCUT2D eigenvalue weighted by Gasteiger charge is 2.35. The van der Waals surface area contributed by atoms with Crippen molar-refractivity contribution in [1.82, 2.24) is 9.80 Å². The van der Waals surface area contributed by atoms with Crippen LogP contribution in [0.4, 0.5) is 4.79 Å². The van der Waals surface area contributed by atoms with Crippen LogP contribution in [0.3, 0.4) is 0 Å². The molecule has 0 aromatic carbocycles. The largest absolute Gasteiger partial charge is 0.364 e. The number of amides is 3. The lowest BCUT2D eigenvalue weighted by Crippen LogP contribution is -3.05. The number of nitrogens with one attached hydrogen (secondary N) is 1. The molecule has 8 nitrogen and oxygen atoms in total. The predicted octanol–water partition coefficient (Wildman–Crippen LogP) is 15.6. The number of carbonyl (C=O) groups excluding carboxylic acids is 2. The van der Waals surface area contributed by atoms with Crippen LogP contribution in [0.2, 0.25) is 26.2 Å². The highest BCUT2D eigenvalue weighted by molar-refractivity contribution is 6.74. The number of imide groups is 1. The van der Waals surface area contributed by atoms with Gasteiger partial charge in [0.15, 0.2) is 0 Å². The fourth-order valence-electron chi connectivity index (χ4n) is 2.80. The molecule has 1 fully saturated rings. The second kappa shape index (κ2) is 57.4. The van der Waals surface area contributed by atoms with Gasteiger partial charge in [0, 0.05) is 31.7 Å². The Balaban J connectivity index is -0.0000000190. The van der Waals surface area contributed by atoms with Crippen LogP contribution >= 0.6 is 0 Å². The molecule has 1 saturated heterocycles. The van der Waals surface area contributed by atoms with Crippen molar-refractivity contribution in [2.45, 2.75) is 225 Å². The molecule has 1 heterocycles. The minimum Gasteiger partial charge on any atom is -0.364 e. The van der Waals surface area contributed by atoms with Gasteiger partial charge < -0.3 is 14.5 Å². The van der Waals surface area contributed by atoms with E-state index in [-0.39, 0.29) is 135 Å². The van der Waals surface area contributed by atoms with E-state index >= 15 is 0 Å². The molecule has 53 heavy (non-hydrogen) atoms. The summed E-state index contributed by atoms with van der Waals surface area (Å²) in [6, 6.07) is -0.231. The molecule has 0 atom stereocenters. The average molecular weight is 804 g/mol. The number of rotatable bonds is 8. The van der Waals surface area contributed by atoms with Crippen molar-refractivity contribution in [1.29, 1.82) is 0 Å². The molecule has 0 aromatic heterocycles. The quantitative estimate of drug-likeness (QED) is 0.195. The van der Waals surface area contributed by atoms with Crippen LogP contribution in [0.15, 0.2) is 0 Å². The molecule has 1 N–H and O–H groups in total. The van der Waals surface area contributed by atoms with Gasteiger partial charge in [-0.1, -0.05) is 199 Å². The first kappa shape index (κ1) is 117. The molecule has 0 aliphatic carbocycles. The van der Waals surface area contributed by atoms with Crippen molar-refractivity contribution in [3.05, 3.63) is 9.93 Å². The van der Waals surface area contributed by atoms with E-state index in [1.165, 1.54) is 26.5 Å². The van der Waals surface area contributed by atoms with E-state index in [1.54, 1.807) is 9.80 Å². The lowest BCUT2D eigenvalue weighted by atomic mass is 9.90. The third kappa shape index (κ3) is 120. The summed E-state index contributed by atoms with van der Waals surface area (Å²) in [7, 11) is 5.29. The zero-order valence-corrected chi connectivity index (χ0v) is 30.1. The number of carbonyl (C=O) groups is 2. The Bertz CT molecular complexity index is 611. The van der Waals surface area contributed by atoms with E-state index in [1.807, 2.05) is 0 Å². The van der Waals surface area contributed by atoms with Gasteiger partial charge in [0.25, 0.3) is 5.91 Å². The van der Waals surface area contributed by atoms with Gasteiger partial charge in [0.2, 0.25) is 0 Å². The highest BCUT2D eigenvalue weighted by atomic mass is 28.3. The Kier molecular flexibility index (Phi) is 127. The summed E-state index contributed by atoms with van der Waals surface area (Å²) in [6.45, 7) is 33.6. The smallest absolute Gasteiger partial charge is 0.329 e. The summed E-state index contributed by atoms with van der Waals surface area (Å²) in [5.74, 6) is -0.174. The fourth-order valence-corrected chi connectivity index (χ4v) is 2.80. The Morgan fingerprint density at radius 3 is 1.09 bits per heavy atom. The summed E-state index contributed by atoms with van der Waals surface area (Å²) < 4.78 is 4.83. The maximum Gasteiger partial charge on any atom is 0.329 e. The lowest BCUT2D eigenvalue weighted by Gasteiger charge is -2.21. The topological polar surface area (TPSA) is 88.4 Å². The Morgan fingerprint density at radius 1 is 0.604 bits per heavy atom. The van der Waals surface area contributed by atoms with E-state index < -0.39 is 8.07 Å². The summed E-state index contributed by atoms with van der Waals surface area (Å²) in [6.07, 6.45) is 4.66. The van der Waals surface area contributed by atoms with Crippen LogP contribution in [0.1, 0.15) is 199 Å². The second-order valence-corrected chi connectivity index (χ2v) is 22.2. The van der Waals surface area contributed by atoms with Gasteiger partial charge in [-0.25, -0.2) is 9.69 Å². The maximum atomic E-state index is 11.8. The maximum absolute atomic E-state index is 11.8. The van der Waals surface area contributed by atoms with Crippen molar-refractivity contribution < 1.29 is 19.2 Å². The Hall–Kier alpha value is -1.32. The minimum absolute atomic E-state index is 0. The first-order valence-electron chi connectivity index (χ1n) is 14.3. The van der Waals surface area contributed by atoms with Gasteiger partial charge in [-0.3, -0.25) is 4.79 Å². The molecule has 0 bridgehead atoms. The number of quaternary nitrogens is 1. The normalized spacial score (nSPS) is 10.2. The lowest BCUT2D eigenvalue weighted by molar-refractivity contribution is -0.858. The third-order valence-corrected chi connectivity index (χ3v) is 4.35. The molecule has 1 aliphatic rings. The molecule has 1 rings (SSSR count). The van der Waals surface area contributed by atoms with Gasteiger partial charge in [0.1, 0.15) is 13.3 Å². The SMILES string of the molecule is C.C.C.C.C.C.C.C.C.C.C.C.C.C.CC(C)(C)C.COCN1C(=O)CN(CCCC(C)(C)C)C1=O.C[NH+](C)CCCC(C)(C)C.C[Si](C)(C)C.O=O. The van der Waals surface area contributed by atoms with Crippen molar-refractivity contribution in [3.8, 4) is 0 Å². The number of nitrogens with zero attached hydrogens (tertiary/aromatic N) is 2. The van der Waals surface area contributed by atoms with Crippen LogP contribution in [0.5, 0.6) is 0 Å². The van der Waals surface area contributed by atoms with E-state index in [0.717, 1.165) is 17.7 Å². The van der Waals surface area contributed by atoms with Crippen LogP contribution in [-0.2, 0) is 9.53 Å². The predicted molar refractivity (Wildman–Crippen MR) is 266 cm³/mol. The van der Waals surface area contributed by atoms with Crippen LogP contribution in [-0.4, -0.2) is 77.4 Å². The molecule has 0 aromatic rings. The van der Waals surface area contributed by atoms with E-state index in [9.17, 15) is 9.59 Å². The fraction of sp³-hybridized carbons (Fsp3) is 0.955. The Labute approximate surface area is 347 Å². The molecule has 0 spiro atoms. The van der Waals surface area contributed by atoms with Crippen molar-refractivity contribution in [3.63, 3.8) is 0 Å². The first-order chi connectivity index (χ1) is 17.3. The minimum atomic E-state index is -0.611. The Morgan fingerprint density at radius 2 is 0.868 bits per heavy atom. The number of methoxy groups -OCH3 is 1. The molecule has 0 unspecified atom stereocenters. The van der Waals surface area contributed by atoms with Gasteiger partial charge in [-0.15, -0.1) is 0 Å². The molecule has 3 amide bonds. The number of hydrogen-bond donors (Lipinski definition) is 1. The van der Waals surface area contributed by atoms with Gasteiger partial charge >= 0.3 is 6.03 Å². The van der Waals surface area contributed by atoms with E-state index in [4.69, 9.17) is 14.7 Å². The van der Waals surface area contributed by atoms with Crippen LogP contribution < -0.4 is 4.90 Å². The number of ether oxygens (including phenoxy) is 1. The summed E-state index contributed by atoms with van der Waals surface area (Å²) in [4.78, 5) is 41.6. The van der Waals surface area contributed by atoms with Crippen LogP contribution in [0.25, 0.3) is 0 Å². The van der Waals surface area contributed by atoms with E-state index in [2.05, 4.69) is 110 Å². The average Bonchev–Trinajstić information content (AvgIpc) is 2.93. The monoisotopic (exact) mass is 803 g/mol. The van der Waals surface area contributed by atoms with Gasteiger partial charge in [-0.05, 0) is 41.9 Å². The molecule has 348 valence electrons. The number of hydrogen-bond acceptors (Lipinski definition) is 5. The molecule has 9 heteroatoms. The second-order valence-electron chi connectivity index (χ2n) is 16.2. The highest BCUT2D eigenvalue weighted by Crippen LogP contribution is 2.22. The molecule has 0 radical (unpaired) electrons. The van der Waals surface area contributed by atoms with Gasteiger partial charge in [0.05, 0.1) is 20.6 Å². The van der Waals surface area contributed by atoms with Crippen molar-refractivity contribution in [2.75, 3.05) is 47.6 Å². The molecule has 1 aliphatic heterocycles. The zero-order chi connectivity index (χ0) is 32.3. The summed E-state index contributed by atoms with van der Waals surface area (Å²) in [5.41, 5.74) is 1.29. The third-order valence-electron chi connectivity index (χ3n) is 4.35. The summed E-state index contributed by atoms with van der Waals surface area (Å²) in [5, 5.41) is 0. The van der Waals surface area contributed by atoms with Crippen molar-refractivity contribution in [2.24, 2.45) is 16.2 Å². The molecule has 0 saturated carbocycles. The van der Waals surface area contributed by atoms with Crippen molar-refractivity contribution >= 4 is 20.0 Å². The van der Waals surface area contributed by atoms with Gasteiger partial charge in [-0.2, -0.15) is 0 Å². The van der Waals surface area contributed by atoms with Crippen LogP contribution in [0, 0.1) is 26.2 Å².